The van der Waals surface area contributed by atoms with Gasteiger partial charge in [0.1, 0.15) is 23.7 Å². The van der Waals surface area contributed by atoms with Crippen molar-refractivity contribution in [2.24, 2.45) is 0 Å². The Morgan fingerprint density at radius 3 is 1.97 bits per heavy atom. The van der Waals surface area contributed by atoms with Gasteiger partial charge in [0.2, 0.25) is 0 Å². The summed E-state index contributed by atoms with van der Waals surface area (Å²) < 4.78 is 15.3. The van der Waals surface area contributed by atoms with Gasteiger partial charge in [-0.2, -0.15) is 0 Å². The van der Waals surface area contributed by atoms with E-state index in [4.69, 9.17) is 15.2 Å². The van der Waals surface area contributed by atoms with Crippen LogP contribution in [0.2, 0.25) is 0 Å². The molecule has 0 amide bonds. The van der Waals surface area contributed by atoms with Crippen LogP contribution in [0.25, 0.3) is 11.2 Å². The highest BCUT2D eigenvalue weighted by molar-refractivity contribution is 5.81. The largest absolute Gasteiger partial charge is 0.382 e. The number of rotatable bonds is 7. The van der Waals surface area contributed by atoms with Gasteiger partial charge >= 0.3 is 0 Å². The Bertz CT molecular complexity index is 1340. The van der Waals surface area contributed by atoms with Crippen LogP contribution in [0.1, 0.15) is 35.8 Å². The minimum absolute atomic E-state index is 0.0813. The summed E-state index contributed by atoms with van der Waals surface area (Å²) in [4.78, 5) is 12.8. The number of ether oxygens (including phenoxy) is 2. The number of aromatic nitrogens is 4. The molecule has 5 aromatic rings. The fourth-order valence-electron chi connectivity index (χ4n) is 5.08. The molecule has 3 aromatic carbocycles. The quantitative estimate of drug-likeness (QED) is 0.328. The van der Waals surface area contributed by atoms with Gasteiger partial charge in [-0.05, 0) is 29.5 Å². The van der Waals surface area contributed by atoms with Crippen LogP contribution in [0.5, 0.6) is 0 Å². The van der Waals surface area contributed by atoms with E-state index in [9.17, 15) is 0 Å². The Morgan fingerprint density at radius 1 is 0.806 bits per heavy atom. The van der Waals surface area contributed by atoms with Crippen molar-refractivity contribution in [3.05, 3.63) is 120 Å². The number of fused-ring (bicyclic) bond motifs is 1. The van der Waals surface area contributed by atoms with Gasteiger partial charge in [-0.3, -0.25) is 4.57 Å². The molecule has 1 fully saturated rings. The summed E-state index contributed by atoms with van der Waals surface area (Å²) in [5, 5.41) is 0. The lowest BCUT2D eigenvalue weighted by atomic mass is 9.80. The van der Waals surface area contributed by atoms with Crippen molar-refractivity contribution in [2.45, 2.75) is 30.8 Å². The smallest absolute Gasteiger partial charge is 0.167 e. The molecule has 2 N–H and O–H groups in total. The third-order valence-corrected chi connectivity index (χ3v) is 6.81. The second-order valence-corrected chi connectivity index (χ2v) is 8.96. The molecule has 0 unspecified atom stereocenters. The molecule has 7 nitrogen and oxygen atoms in total. The summed E-state index contributed by atoms with van der Waals surface area (Å²) in [7, 11) is 0. The Kier molecular flexibility index (Phi) is 5.93. The lowest BCUT2D eigenvalue weighted by Crippen LogP contribution is -2.35. The van der Waals surface area contributed by atoms with E-state index in [2.05, 4.69) is 87.7 Å². The van der Waals surface area contributed by atoms with Crippen LogP contribution in [0.4, 0.5) is 5.82 Å². The molecular weight excluding hydrogens is 450 g/mol. The maximum Gasteiger partial charge on any atom is 0.167 e. The minimum atomic E-state index is -0.769. The third-order valence-electron chi connectivity index (χ3n) is 6.81. The van der Waals surface area contributed by atoms with Crippen LogP contribution < -0.4 is 5.73 Å². The molecule has 1 saturated heterocycles. The predicted octanol–water partition coefficient (Wildman–Crippen LogP) is 5.09. The average molecular weight is 478 g/mol. The average Bonchev–Trinajstić information content (AvgIpc) is 3.59. The van der Waals surface area contributed by atoms with Gasteiger partial charge in [-0.15, -0.1) is 0 Å². The van der Waals surface area contributed by atoms with Crippen molar-refractivity contribution in [1.29, 1.82) is 0 Å². The van der Waals surface area contributed by atoms with Gasteiger partial charge < -0.3 is 15.2 Å². The van der Waals surface area contributed by atoms with Crippen molar-refractivity contribution in [1.82, 2.24) is 19.5 Å². The number of benzene rings is 3. The highest BCUT2D eigenvalue weighted by atomic mass is 16.6. The van der Waals surface area contributed by atoms with Gasteiger partial charge in [0.05, 0.1) is 19.0 Å². The molecule has 1 aliphatic rings. The molecule has 0 bridgehead atoms. The number of nitrogens with two attached hydrogens (primary N) is 1. The van der Waals surface area contributed by atoms with Crippen molar-refractivity contribution in [3.8, 4) is 0 Å². The van der Waals surface area contributed by atoms with E-state index < -0.39 is 5.60 Å². The van der Waals surface area contributed by atoms with Crippen molar-refractivity contribution >= 4 is 17.0 Å². The van der Waals surface area contributed by atoms with Crippen LogP contribution >= 0.6 is 0 Å². The van der Waals surface area contributed by atoms with E-state index >= 15 is 0 Å². The lowest BCUT2D eigenvalue weighted by molar-refractivity contribution is -0.0756. The summed E-state index contributed by atoms with van der Waals surface area (Å²) in [6, 6.07) is 31.2. The second-order valence-electron chi connectivity index (χ2n) is 8.96. The second kappa shape index (κ2) is 9.53. The predicted molar refractivity (Wildman–Crippen MR) is 138 cm³/mol. The van der Waals surface area contributed by atoms with E-state index in [1.165, 1.54) is 6.33 Å². The maximum atomic E-state index is 6.95. The van der Waals surface area contributed by atoms with Gasteiger partial charge in [0.25, 0.3) is 0 Å². The van der Waals surface area contributed by atoms with Gasteiger partial charge in [-0.25, -0.2) is 15.0 Å². The van der Waals surface area contributed by atoms with E-state index in [-0.39, 0.29) is 12.3 Å². The zero-order valence-corrected chi connectivity index (χ0v) is 19.8. The Balaban J connectivity index is 1.32. The van der Waals surface area contributed by atoms with Gasteiger partial charge in [-0.1, -0.05) is 91.0 Å². The van der Waals surface area contributed by atoms with Crippen LogP contribution in [-0.4, -0.2) is 32.2 Å². The molecule has 0 spiro atoms. The molecule has 0 radical (unpaired) electrons. The first-order chi connectivity index (χ1) is 17.8. The van der Waals surface area contributed by atoms with Crippen molar-refractivity contribution < 1.29 is 9.47 Å². The summed E-state index contributed by atoms with van der Waals surface area (Å²) in [5.41, 5.74) is 9.70. The fraction of sp³-hybridized carbons (Fsp3) is 0.207. The van der Waals surface area contributed by atoms with E-state index in [1.807, 2.05) is 22.8 Å². The highest BCUT2D eigenvalue weighted by Gasteiger charge is 2.39. The maximum absolute atomic E-state index is 6.95. The summed E-state index contributed by atoms with van der Waals surface area (Å²) in [6.07, 6.45) is 4.61. The monoisotopic (exact) mass is 477 g/mol. The van der Waals surface area contributed by atoms with E-state index in [0.29, 0.717) is 23.6 Å². The third kappa shape index (κ3) is 3.92. The Hall–Kier alpha value is -4.07. The SMILES string of the molecule is Nc1ncnc2c1ncn2[C@H]1CC[C@@H](COC(c2ccccc2)(c2ccccc2)c2ccccc2)O1. The molecule has 7 heteroatoms. The molecule has 6 rings (SSSR count). The zero-order chi connectivity index (χ0) is 24.4. The van der Waals surface area contributed by atoms with E-state index in [1.54, 1.807) is 6.33 Å². The summed E-state index contributed by atoms with van der Waals surface area (Å²) in [6.45, 7) is 0.429. The van der Waals surface area contributed by atoms with Crippen molar-refractivity contribution in [3.63, 3.8) is 0 Å². The van der Waals surface area contributed by atoms with Crippen molar-refractivity contribution in [2.75, 3.05) is 12.3 Å². The molecule has 3 heterocycles. The number of nitrogen functional groups attached to an aromatic ring is 1. The zero-order valence-electron chi connectivity index (χ0n) is 19.8. The fourth-order valence-corrected chi connectivity index (χ4v) is 5.08. The minimum Gasteiger partial charge on any atom is -0.382 e. The first-order valence-corrected chi connectivity index (χ1v) is 12.1. The summed E-state index contributed by atoms with van der Waals surface area (Å²) in [5.74, 6) is 0.370. The Morgan fingerprint density at radius 2 is 1.39 bits per heavy atom. The number of nitrogens with zero attached hydrogens (tertiary/aromatic N) is 4. The first kappa shape index (κ1) is 22.4. The standard InChI is InChI=1S/C29H27N5O2/c30-27-26-28(32-19-31-27)34(20-33-26)25-17-16-24(36-25)18-35-29(21-10-4-1-5-11-21,22-12-6-2-7-13-22)23-14-8-3-9-15-23/h1-15,19-20,24-25H,16-18H2,(H2,30,31,32)/t24-,25+/m0/s1. The van der Waals surface area contributed by atoms with Crippen LogP contribution in [0, 0.1) is 0 Å². The highest BCUT2D eigenvalue weighted by Crippen LogP contribution is 2.41. The summed E-state index contributed by atoms with van der Waals surface area (Å²) >= 11 is 0. The molecule has 0 aliphatic carbocycles. The number of imidazole rings is 1. The number of anilines is 1. The Labute approximate surface area is 209 Å². The van der Waals surface area contributed by atoms with Gasteiger partial charge in [0.15, 0.2) is 11.5 Å². The molecule has 180 valence electrons. The molecule has 2 atom stereocenters. The van der Waals surface area contributed by atoms with Gasteiger partial charge in [0, 0.05) is 0 Å². The van der Waals surface area contributed by atoms with E-state index in [0.717, 1.165) is 29.5 Å². The molecule has 2 aromatic heterocycles. The topological polar surface area (TPSA) is 88.1 Å². The number of hydrogen-bond acceptors (Lipinski definition) is 6. The normalized spacial score (nSPS) is 18.0. The molecule has 0 saturated carbocycles. The van der Waals surface area contributed by atoms with Crippen LogP contribution in [0.3, 0.4) is 0 Å². The molecule has 1 aliphatic heterocycles. The first-order valence-electron chi connectivity index (χ1n) is 12.1. The van der Waals surface area contributed by atoms with Crippen LogP contribution in [-0.2, 0) is 15.1 Å². The van der Waals surface area contributed by atoms with Crippen LogP contribution in [0.15, 0.2) is 104 Å². The lowest BCUT2D eigenvalue weighted by Gasteiger charge is -2.36. The molecular formula is C29H27N5O2. The molecule has 36 heavy (non-hydrogen) atoms. The number of hydrogen-bond donors (Lipinski definition) is 1.